The minimum Gasteiger partial charge on any atom is -0.381 e. The third kappa shape index (κ3) is 3.12. The zero-order valence-electron chi connectivity index (χ0n) is 13.4. The lowest BCUT2D eigenvalue weighted by Crippen LogP contribution is -2.28. The maximum atomic E-state index is 13.4. The molecule has 0 radical (unpaired) electrons. The Labute approximate surface area is 140 Å². The highest BCUT2D eigenvalue weighted by Crippen LogP contribution is 2.32. The van der Waals surface area contributed by atoms with E-state index in [4.69, 9.17) is 4.74 Å². The maximum Gasteiger partial charge on any atom is 0.126 e. The van der Waals surface area contributed by atoms with Crippen LogP contribution < -0.4 is 10.6 Å². The molecular weight excluding hydrogens is 305 g/mol. The fourth-order valence-electron chi connectivity index (χ4n) is 3.23. The van der Waals surface area contributed by atoms with E-state index < -0.39 is 0 Å². The van der Waals surface area contributed by atoms with Gasteiger partial charge in [-0.2, -0.15) is 0 Å². The number of pyridine rings is 1. The second-order valence-electron chi connectivity index (χ2n) is 6.15. The Bertz CT molecular complexity index is 752. The zero-order chi connectivity index (χ0) is 16.4. The second-order valence-corrected chi connectivity index (χ2v) is 6.15. The van der Waals surface area contributed by atoms with E-state index in [1.54, 1.807) is 0 Å². The molecule has 2 aliphatic rings. The third-order valence-corrected chi connectivity index (χ3v) is 4.52. The summed E-state index contributed by atoms with van der Waals surface area (Å²) in [5.74, 6) is 0.663. The van der Waals surface area contributed by atoms with Crippen LogP contribution in [0.3, 0.4) is 0 Å². The fourth-order valence-corrected chi connectivity index (χ4v) is 3.23. The van der Waals surface area contributed by atoms with Gasteiger partial charge >= 0.3 is 0 Å². The molecular formula is C19H20FN3O. The first-order chi connectivity index (χ1) is 11.8. The van der Waals surface area contributed by atoms with Crippen LogP contribution >= 0.6 is 0 Å². The predicted octanol–water partition coefficient (Wildman–Crippen LogP) is 3.67. The summed E-state index contributed by atoms with van der Waals surface area (Å²) in [6, 6.07) is 9.36. The van der Waals surface area contributed by atoms with Crippen LogP contribution in [0.2, 0.25) is 0 Å². The van der Waals surface area contributed by atoms with Crippen LogP contribution in [0.1, 0.15) is 24.0 Å². The molecule has 2 aliphatic heterocycles. The summed E-state index contributed by atoms with van der Waals surface area (Å²) < 4.78 is 18.8. The number of rotatable bonds is 3. The van der Waals surface area contributed by atoms with E-state index in [9.17, 15) is 4.39 Å². The van der Waals surface area contributed by atoms with Crippen molar-refractivity contribution in [3.8, 4) is 0 Å². The first kappa shape index (κ1) is 15.1. The molecule has 1 fully saturated rings. The van der Waals surface area contributed by atoms with Gasteiger partial charge in [0.1, 0.15) is 11.6 Å². The molecule has 2 aromatic rings. The summed E-state index contributed by atoms with van der Waals surface area (Å²) in [7, 11) is 0. The number of aromatic nitrogens is 1. The van der Waals surface area contributed by atoms with Crippen molar-refractivity contribution in [2.24, 2.45) is 0 Å². The molecule has 0 spiro atoms. The second kappa shape index (κ2) is 6.61. The molecule has 0 amide bonds. The van der Waals surface area contributed by atoms with Crippen LogP contribution in [0.15, 0.2) is 42.6 Å². The first-order valence-electron chi connectivity index (χ1n) is 8.34. The Balaban J connectivity index is 1.54. The van der Waals surface area contributed by atoms with Crippen molar-refractivity contribution in [3.05, 3.63) is 59.5 Å². The number of hydrogen-bond acceptors (Lipinski definition) is 4. The molecule has 1 saturated heterocycles. The highest BCUT2D eigenvalue weighted by Gasteiger charge is 2.16. The van der Waals surface area contributed by atoms with Crippen molar-refractivity contribution in [2.45, 2.75) is 18.9 Å². The minimum atomic E-state index is -0.225. The van der Waals surface area contributed by atoms with Crippen LogP contribution in [0.4, 0.5) is 15.9 Å². The van der Waals surface area contributed by atoms with Gasteiger partial charge in [-0.05, 0) is 48.7 Å². The van der Waals surface area contributed by atoms with Gasteiger partial charge in [-0.1, -0.05) is 6.08 Å². The molecule has 5 heteroatoms. The molecule has 0 unspecified atom stereocenters. The summed E-state index contributed by atoms with van der Waals surface area (Å²) in [6.07, 6.45) is 6.02. The number of anilines is 2. The summed E-state index contributed by atoms with van der Waals surface area (Å²) >= 11 is 0. The Morgan fingerprint density at radius 1 is 1.17 bits per heavy atom. The van der Waals surface area contributed by atoms with Crippen molar-refractivity contribution < 1.29 is 9.13 Å². The van der Waals surface area contributed by atoms with Gasteiger partial charge in [0.05, 0.1) is 0 Å². The topological polar surface area (TPSA) is 46.2 Å². The van der Waals surface area contributed by atoms with Gasteiger partial charge in [0.25, 0.3) is 0 Å². The minimum absolute atomic E-state index is 0.225. The lowest BCUT2D eigenvalue weighted by atomic mass is 9.95. The monoisotopic (exact) mass is 325 g/mol. The van der Waals surface area contributed by atoms with E-state index in [0.717, 1.165) is 54.3 Å². The number of nitrogens with one attached hydrogen (secondary N) is 2. The molecule has 4 rings (SSSR count). The first-order valence-corrected chi connectivity index (χ1v) is 8.34. The standard InChI is InChI=1S/C19H20FN3O/c20-14-2-3-17-16(5-8-21-18(17)11-14)13-1-4-19(22-12-13)23-15-6-9-24-10-7-15/h1-5,11-12,15,21H,6-10H2,(H,22,23). The van der Waals surface area contributed by atoms with Gasteiger partial charge in [-0.25, -0.2) is 9.37 Å². The average Bonchev–Trinajstić information content (AvgIpc) is 2.62. The zero-order valence-corrected chi connectivity index (χ0v) is 13.4. The number of fused-ring (bicyclic) bond motifs is 1. The number of nitrogens with zero attached hydrogens (tertiary/aromatic N) is 1. The van der Waals surface area contributed by atoms with Gasteiger partial charge in [0.15, 0.2) is 0 Å². The van der Waals surface area contributed by atoms with Gasteiger partial charge < -0.3 is 15.4 Å². The SMILES string of the molecule is Fc1ccc2c(c1)NCC=C2c1ccc(NC2CCOCC2)nc1. The van der Waals surface area contributed by atoms with Crippen molar-refractivity contribution >= 4 is 17.1 Å². The normalized spacial score (nSPS) is 17.6. The van der Waals surface area contributed by atoms with Crippen LogP contribution in [0.25, 0.3) is 5.57 Å². The van der Waals surface area contributed by atoms with Gasteiger partial charge in [0, 0.05) is 48.8 Å². The summed E-state index contributed by atoms with van der Waals surface area (Å²) in [5, 5.41) is 6.67. The van der Waals surface area contributed by atoms with E-state index >= 15 is 0 Å². The van der Waals surface area contributed by atoms with Crippen LogP contribution in [0.5, 0.6) is 0 Å². The number of halogens is 1. The van der Waals surface area contributed by atoms with Crippen molar-refractivity contribution in [1.82, 2.24) is 4.98 Å². The quantitative estimate of drug-likeness (QED) is 0.904. The molecule has 2 N–H and O–H groups in total. The molecule has 1 aromatic heterocycles. The third-order valence-electron chi connectivity index (χ3n) is 4.52. The summed E-state index contributed by atoms with van der Waals surface area (Å²) in [4.78, 5) is 4.55. The summed E-state index contributed by atoms with van der Waals surface area (Å²) in [5.41, 5.74) is 3.97. The van der Waals surface area contributed by atoms with E-state index in [-0.39, 0.29) is 5.82 Å². The van der Waals surface area contributed by atoms with E-state index in [1.807, 2.05) is 18.3 Å². The smallest absolute Gasteiger partial charge is 0.126 e. The molecule has 0 saturated carbocycles. The van der Waals surface area contributed by atoms with Crippen LogP contribution in [0, 0.1) is 5.82 Å². The van der Waals surface area contributed by atoms with Gasteiger partial charge in [-0.3, -0.25) is 0 Å². The Kier molecular flexibility index (Phi) is 4.17. The molecule has 3 heterocycles. The molecule has 1 aromatic carbocycles. The number of benzene rings is 1. The number of hydrogen-bond donors (Lipinski definition) is 2. The summed E-state index contributed by atoms with van der Waals surface area (Å²) in [6.45, 7) is 2.31. The maximum absolute atomic E-state index is 13.4. The molecule has 0 atom stereocenters. The van der Waals surface area contributed by atoms with Crippen molar-refractivity contribution in [2.75, 3.05) is 30.4 Å². The predicted molar refractivity (Wildman–Crippen MR) is 93.7 cm³/mol. The lowest BCUT2D eigenvalue weighted by Gasteiger charge is -2.24. The molecule has 124 valence electrons. The molecule has 0 bridgehead atoms. The van der Waals surface area contributed by atoms with Crippen LogP contribution in [-0.2, 0) is 4.74 Å². The average molecular weight is 325 g/mol. The largest absolute Gasteiger partial charge is 0.381 e. The van der Waals surface area contributed by atoms with Gasteiger partial charge in [0.2, 0.25) is 0 Å². The van der Waals surface area contributed by atoms with Crippen molar-refractivity contribution in [1.29, 1.82) is 0 Å². The van der Waals surface area contributed by atoms with E-state index in [1.165, 1.54) is 12.1 Å². The highest BCUT2D eigenvalue weighted by molar-refractivity contribution is 5.88. The lowest BCUT2D eigenvalue weighted by molar-refractivity contribution is 0.0904. The van der Waals surface area contributed by atoms with Crippen LogP contribution in [-0.4, -0.2) is 30.8 Å². The van der Waals surface area contributed by atoms with Crippen molar-refractivity contribution in [3.63, 3.8) is 0 Å². The fraction of sp³-hybridized carbons (Fsp3) is 0.316. The van der Waals surface area contributed by atoms with E-state index in [2.05, 4.69) is 27.8 Å². The highest BCUT2D eigenvalue weighted by atomic mass is 19.1. The molecule has 4 nitrogen and oxygen atoms in total. The Hall–Kier alpha value is -2.40. The molecule has 24 heavy (non-hydrogen) atoms. The Morgan fingerprint density at radius 3 is 2.83 bits per heavy atom. The Morgan fingerprint density at radius 2 is 2.04 bits per heavy atom. The molecule has 0 aliphatic carbocycles. The van der Waals surface area contributed by atoms with Gasteiger partial charge in [-0.15, -0.1) is 0 Å². The number of ether oxygens (including phenoxy) is 1. The van der Waals surface area contributed by atoms with E-state index in [0.29, 0.717) is 12.6 Å².